The third kappa shape index (κ3) is 6.00. The topological polar surface area (TPSA) is 68.8 Å². The van der Waals surface area contributed by atoms with Crippen molar-refractivity contribution in [2.45, 2.75) is 26.2 Å². The number of piperazine rings is 1. The minimum Gasteiger partial charge on any atom is -0.367 e. The van der Waals surface area contributed by atoms with Crippen molar-refractivity contribution in [1.29, 1.82) is 0 Å². The molecule has 2 amide bonds. The number of hydrogen-bond acceptors (Lipinski definition) is 5. The van der Waals surface area contributed by atoms with E-state index in [9.17, 15) is 9.59 Å². The Morgan fingerprint density at radius 2 is 1.68 bits per heavy atom. The Balaban J connectivity index is 1.17. The highest BCUT2D eigenvalue weighted by Gasteiger charge is 2.35. The number of nitrogens with zero attached hydrogens (tertiary/aromatic N) is 4. The fourth-order valence-corrected chi connectivity index (χ4v) is 5.18. The van der Waals surface area contributed by atoms with E-state index in [0.717, 1.165) is 62.6 Å². The minimum atomic E-state index is -0.364. The van der Waals surface area contributed by atoms with Gasteiger partial charge in [0, 0.05) is 63.8 Å². The lowest BCUT2D eigenvalue weighted by molar-refractivity contribution is -0.122. The Bertz CT molecular complexity index is 1210. The number of nitrogens with one attached hydrogen (secondary N) is 1. The van der Waals surface area contributed by atoms with Gasteiger partial charge in [0.05, 0.1) is 17.3 Å². The summed E-state index contributed by atoms with van der Waals surface area (Å²) in [7, 11) is 0. The van der Waals surface area contributed by atoms with Crippen molar-refractivity contribution < 1.29 is 9.59 Å². The third-order valence-corrected chi connectivity index (χ3v) is 7.49. The van der Waals surface area contributed by atoms with Crippen molar-refractivity contribution in [2.24, 2.45) is 5.92 Å². The summed E-state index contributed by atoms with van der Waals surface area (Å²) < 4.78 is 0. The van der Waals surface area contributed by atoms with E-state index in [1.54, 1.807) is 4.90 Å². The lowest BCUT2D eigenvalue weighted by atomic mass is 10.1. The standard InChI is InChI=1S/C30H35N5O2/c1-2-23-7-9-26(10-8-23)35-22-25(21-29(35)36)30(37)32-27-5-3-4-6-28(27)34-19-17-33(18-20-34)16-13-24-11-14-31-15-12-24/h3-12,14-15,25H,2,13,16-22H2,1H3,(H,32,37). The Kier molecular flexibility index (Phi) is 7.80. The van der Waals surface area contributed by atoms with Crippen molar-refractivity contribution in [3.63, 3.8) is 0 Å². The summed E-state index contributed by atoms with van der Waals surface area (Å²) in [5.74, 6) is -0.457. The molecule has 0 aliphatic carbocycles. The molecule has 2 saturated heterocycles. The van der Waals surface area contributed by atoms with Crippen molar-refractivity contribution in [3.05, 3.63) is 84.2 Å². The van der Waals surface area contributed by atoms with Gasteiger partial charge in [-0.2, -0.15) is 0 Å². The van der Waals surface area contributed by atoms with Crippen molar-refractivity contribution >= 4 is 28.9 Å². The van der Waals surface area contributed by atoms with E-state index in [2.05, 4.69) is 45.2 Å². The molecule has 1 unspecified atom stereocenters. The van der Waals surface area contributed by atoms with E-state index in [4.69, 9.17) is 0 Å². The van der Waals surface area contributed by atoms with Gasteiger partial charge in [-0.15, -0.1) is 0 Å². The van der Waals surface area contributed by atoms with Crippen LogP contribution >= 0.6 is 0 Å². The SMILES string of the molecule is CCc1ccc(N2CC(C(=O)Nc3ccccc3N3CCN(CCc4ccncc4)CC3)CC2=O)cc1. The molecule has 1 aromatic heterocycles. The average molecular weight is 498 g/mol. The average Bonchev–Trinajstić information content (AvgIpc) is 3.35. The number of aromatic nitrogens is 1. The molecule has 0 radical (unpaired) electrons. The highest BCUT2D eigenvalue weighted by atomic mass is 16.2. The molecule has 37 heavy (non-hydrogen) atoms. The van der Waals surface area contributed by atoms with Crippen LogP contribution in [0.4, 0.5) is 17.1 Å². The number of hydrogen-bond donors (Lipinski definition) is 1. The van der Waals surface area contributed by atoms with Crippen LogP contribution < -0.4 is 15.1 Å². The molecule has 192 valence electrons. The first kappa shape index (κ1) is 25.0. The summed E-state index contributed by atoms with van der Waals surface area (Å²) >= 11 is 0. The maximum atomic E-state index is 13.2. The van der Waals surface area contributed by atoms with Gasteiger partial charge in [-0.25, -0.2) is 0 Å². The van der Waals surface area contributed by atoms with Gasteiger partial charge in [-0.3, -0.25) is 19.5 Å². The Morgan fingerprint density at radius 3 is 2.41 bits per heavy atom. The molecular weight excluding hydrogens is 462 g/mol. The van der Waals surface area contributed by atoms with Crippen LogP contribution in [0.5, 0.6) is 0 Å². The summed E-state index contributed by atoms with van der Waals surface area (Å²) in [5.41, 5.74) is 5.26. The van der Waals surface area contributed by atoms with Gasteiger partial charge in [0.2, 0.25) is 11.8 Å². The number of aryl methyl sites for hydroxylation is 1. The highest BCUT2D eigenvalue weighted by molar-refractivity contribution is 6.04. The van der Waals surface area contributed by atoms with Crippen LogP contribution in [0.25, 0.3) is 0 Å². The molecule has 3 aromatic rings. The van der Waals surface area contributed by atoms with E-state index in [-0.39, 0.29) is 24.2 Å². The third-order valence-electron chi connectivity index (χ3n) is 7.49. The number of amides is 2. The minimum absolute atomic E-state index is 0.000529. The number of carbonyl (C=O) groups excluding carboxylic acids is 2. The molecule has 2 aliphatic heterocycles. The van der Waals surface area contributed by atoms with E-state index < -0.39 is 0 Å². The molecule has 2 aromatic carbocycles. The molecule has 1 atom stereocenters. The normalized spacial score (nSPS) is 18.3. The lowest BCUT2D eigenvalue weighted by Crippen LogP contribution is -2.47. The fourth-order valence-electron chi connectivity index (χ4n) is 5.18. The van der Waals surface area contributed by atoms with Gasteiger partial charge in [-0.05, 0) is 60.4 Å². The van der Waals surface area contributed by atoms with Crippen LogP contribution in [0, 0.1) is 5.92 Å². The van der Waals surface area contributed by atoms with Crippen LogP contribution in [-0.2, 0) is 22.4 Å². The van der Waals surface area contributed by atoms with Gasteiger partial charge in [-0.1, -0.05) is 31.2 Å². The van der Waals surface area contributed by atoms with Gasteiger partial charge in [0.1, 0.15) is 0 Å². The van der Waals surface area contributed by atoms with Crippen LogP contribution in [0.15, 0.2) is 73.1 Å². The summed E-state index contributed by atoms with van der Waals surface area (Å²) in [6.07, 6.45) is 5.91. The predicted molar refractivity (Wildman–Crippen MR) is 148 cm³/mol. The van der Waals surface area contributed by atoms with Crippen molar-refractivity contribution in [2.75, 3.05) is 54.4 Å². The van der Waals surface area contributed by atoms with Gasteiger partial charge >= 0.3 is 0 Å². The van der Waals surface area contributed by atoms with Gasteiger partial charge in [0.25, 0.3) is 0 Å². The molecule has 0 saturated carbocycles. The van der Waals surface area contributed by atoms with Crippen molar-refractivity contribution in [1.82, 2.24) is 9.88 Å². The molecule has 0 bridgehead atoms. The highest BCUT2D eigenvalue weighted by Crippen LogP contribution is 2.30. The van der Waals surface area contributed by atoms with Crippen LogP contribution in [0.1, 0.15) is 24.5 Å². The molecular formula is C30H35N5O2. The van der Waals surface area contributed by atoms with Crippen LogP contribution in [-0.4, -0.2) is 61.0 Å². The second kappa shape index (κ2) is 11.6. The predicted octanol–water partition coefficient (Wildman–Crippen LogP) is 4.00. The first-order valence-electron chi connectivity index (χ1n) is 13.3. The quantitative estimate of drug-likeness (QED) is 0.510. The molecule has 7 heteroatoms. The summed E-state index contributed by atoms with van der Waals surface area (Å²) in [6, 6.07) is 20.2. The molecule has 2 aliphatic rings. The van der Waals surface area contributed by atoms with E-state index in [1.165, 1.54) is 11.1 Å². The van der Waals surface area contributed by atoms with Gasteiger partial charge in [0.15, 0.2) is 0 Å². The maximum Gasteiger partial charge on any atom is 0.229 e. The molecule has 5 rings (SSSR count). The maximum absolute atomic E-state index is 13.2. The second-order valence-electron chi connectivity index (χ2n) is 9.87. The van der Waals surface area contributed by atoms with E-state index in [0.29, 0.717) is 6.54 Å². The first-order valence-corrected chi connectivity index (χ1v) is 13.3. The summed E-state index contributed by atoms with van der Waals surface area (Å²) in [4.78, 5) is 36.6. The Labute approximate surface area is 219 Å². The summed E-state index contributed by atoms with van der Waals surface area (Å²) in [5, 5.41) is 3.14. The molecule has 3 heterocycles. The summed E-state index contributed by atoms with van der Waals surface area (Å²) in [6.45, 7) is 7.34. The lowest BCUT2D eigenvalue weighted by Gasteiger charge is -2.37. The van der Waals surface area contributed by atoms with E-state index >= 15 is 0 Å². The number of rotatable bonds is 8. The molecule has 0 spiro atoms. The first-order chi connectivity index (χ1) is 18.1. The van der Waals surface area contributed by atoms with E-state index in [1.807, 2.05) is 54.9 Å². The zero-order valence-electron chi connectivity index (χ0n) is 21.5. The Hall–Kier alpha value is -3.71. The number of pyridine rings is 1. The van der Waals surface area contributed by atoms with Crippen molar-refractivity contribution in [3.8, 4) is 0 Å². The zero-order valence-corrected chi connectivity index (χ0v) is 21.5. The molecule has 7 nitrogen and oxygen atoms in total. The Morgan fingerprint density at radius 1 is 0.946 bits per heavy atom. The zero-order chi connectivity index (χ0) is 25.6. The fraction of sp³-hybridized carbons (Fsp3) is 0.367. The smallest absolute Gasteiger partial charge is 0.229 e. The number of para-hydroxylation sites is 2. The molecule has 2 fully saturated rings. The van der Waals surface area contributed by atoms with Crippen LogP contribution in [0.2, 0.25) is 0 Å². The van der Waals surface area contributed by atoms with Crippen LogP contribution in [0.3, 0.4) is 0 Å². The largest absolute Gasteiger partial charge is 0.367 e. The monoisotopic (exact) mass is 497 g/mol. The number of carbonyl (C=O) groups is 2. The number of benzene rings is 2. The number of anilines is 3. The van der Waals surface area contributed by atoms with Gasteiger partial charge < -0.3 is 15.1 Å². The molecule has 1 N–H and O–H groups in total. The second-order valence-corrected chi connectivity index (χ2v) is 9.87.